The van der Waals surface area contributed by atoms with E-state index < -0.39 is 0 Å². The Balaban J connectivity index is 2.20. The second-order valence-electron chi connectivity index (χ2n) is 3.92. The molecule has 2 aromatic carbocycles. The summed E-state index contributed by atoms with van der Waals surface area (Å²) in [5.41, 5.74) is 7.28. The van der Waals surface area contributed by atoms with E-state index in [0.717, 1.165) is 0 Å². The predicted octanol–water partition coefficient (Wildman–Crippen LogP) is 3.18. The van der Waals surface area contributed by atoms with Gasteiger partial charge < -0.3 is 15.8 Å². The minimum atomic E-state index is -0.249. The number of anilines is 2. The first kappa shape index (κ1) is 13.2. The summed E-state index contributed by atoms with van der Waals surface area (Å²) in [6.07, 6.45) is 0. The van der Waals surface area contributed by atoms with E-state index in [1.54, 1.807) is 42.5 Å². The van der Waals surface area contributed by atoms with Gasteiger partial charge in [0.15, 0.2) is 0 Å². The molecular weight excluding hydrogens is 264 g/mol. The highest BCUT2D eigenvalue weighted by molar-refractivity contribution is 6.30. The van der Waals surface area contributed by atoms with Crippen LogP contribution in [0.3, 0.4) is 0 Å². The van der Waals surface area contributed by atoms with Crippen LogP contribution in [0.5, 0.6) is 5.75 Å². The standard InChI is InChI=1S/C14H13ClN2O2/c1-19-13-7-9(5-6-12(13)16)14(18)17-11-4-2-3-10(15)8-11/h2-8H,16H2,1H3,(H,17,18). The van der Waals surface area contributed by atoms with Crippen molar-refractivity contribution >= 4 is 28.9 Å². The third-order valence-electron chi connectivity index (χ3n) is 2.58. The van der Waals surface area contributed by atoms with Gasteiger partial charge in [0.05, 0.1) is 12.8 Å². The molecule has 0 saturated carbocycles. The van der Waals surface area contributed by atoms with Gasteiger partial charge in [-0.15, -0.1) is 0 Å². The number of nitrogens with one attached hydrogen (secondary N) is 1. The van der Waals surface area contributed by atoms with Crippen molar-refractivity contribution in [3.63, 3.8) is 0 Å². The molecule has 4 nitrogen and oxygen atoms in total. The number of ether oxygens (including phenoxy) is 1. The summed E-state index contributed by atoms with van der Waals surface area (Å²) in [4.78, 5) is 12.1. The molecule has 0 aromatic heterocycles. The number of nitrogens with two attached hydrogens (primary N) is 1. The highest BCUT2D eigenvalue weighted by Crippen LogP contribution is 2.23. The van der Waals surface area contributed by atoms with E-state index in [1.165, 1.54) is 7.11 Å². The van der Waals surface area contributed by atoms with E-state index >= 15 is 0 Å². The molecule has 2 aromatic rings. The topological polar surface area (TPSA) is 64.3 Å². The highest BCUT2D eigenvalue weighted by atomic mass is 35.5. The van der Waals surface area contributed by atoms with Crippen molar-refractivity contribution in [3.8, 4) is 5.75 Å². The smallest absolute Gasteiger partial charge is 0.255 e. The normalized spacial score (nSPS) is 10.0. The fourth-order valence-electron chi connectivity index (χ4n) is 1.62. The van der Waals surface area contributed by atoms with Crippen LogP contribution < -0.4 is 15.8 Å². The Labute approximate surface area is 116 Å². The summed E-state index contributed by atoms with van der Waals surface area (Å²) in [6.45, 7) is 0. The molecule has 3 N–H and O–H groups in total. The minimum absolute atomic E-state index is 0.249. The van der Waals surface area contributed by atoms with Crippen LogP contribution in [0.25, 0.3) is 0 Å². The molecule has 0 aliphatic heterocycles. The maximum atomic E-state index is 12.1. The van der Waals surface area contributed by atoms with Crippen molar-refractivity contribution < 1.29 is 9.53 Å². The molecule has 0 heterocycles. The fourth-order valence-corrected chi connectivity index (χ4v) is 1.81. The zero-order chi connectivity index (χ0) is 13.8. The van der Waals surface area contributed by atoms with E-state index in [1.807, 2.05) is 0 Å². The molecular formula is C14H13ClN2O2. The van der Waals surface area contributed by atoms with Crippen LogP contribution in [0, 0.1) is 0 Å². The number of benzene rings is 2. The molecule has 0 radical (unpaired) electrons. The van der Waals surface area contributed by atoms with Gasteiger partial charge in [-0.2, -0.15) is 0 Å². The number of carbonyl (C=O) groups excluding carboxylic acids is 1. The van der Waals surface area contributed by atoms with Gasteiger partial charge in [-0.1, -0.05) is 17.7 Å². The molecule has 0 atom stereocenters. The average molecular weight is 277 g/mol. The quantitative estimate of drug-likeness (QED) is 0.846. The van der Waals surface area contributed by atoms with E-state index in [2.05, 4.69) is 5.32 Å². The molecule has 0 bridgehead atoms. The van der Waals surface area contributed by atoms with Gasteiger partial charge >= 0.3 is 0 Å². The third kappa shape index (κ3) is 3.17. The number of hydrogen-bond donors (Lipinski definition) is 2. The van der Waals surface area contributed by atoms with Crippen LogP contribution in [0.1, 0.15) is 10.4 Å². The summed E-state index contributed by atoms with van der Waals surface area (Å²) in [6, 6.07) is 11.8. The second-order valence-corrected chi connectivity index (χ2v) is 4.36. The predicted molar refractivity (Wildman–Crippen MR) is 76.8 cm³/mol. The lowest BCUT2D eigenvalue weighted by Crippen LogP contribution is -2.12. The van der Waals surface area contributed by atoms with Gasteiger partial charge in [0.25, 0.3) is 5.91 Å². The summed E-state index contributed by atoms with van der Waals surface area (Å²) in [5, 5.41) is 3.31. The first-order valence-corrected chi connectivity index (χ1v) is 5.98. The number of halogens is 1. The molecule has 0 unspecified atom stereocenters. The van der Waals surface area contributed by atoms with Crippen molar-refractivity contribution in [2.24, 2.45) is 0 Å². The zero-order valence-corrected chi connectivity index (χ0v) is 11.1. The van der Waals surface area contributed by atoms with Gasteiger partial charge in [-0.25, -0.2) is 0 Å². The second kappa shape index (κ2) is 5.63. The fraction of sp³-hybridized carbons (Fsp3) is 0.0714. The lowest BCUT2D eigenvalue weighted by atomic mass is 10.1. The number of methoxy groups -OCH3 is 1. The largest absolute Gasteiger partial charge is 0.495 e. The van der Waals surface area contributed by atoms with E-state index in [-0.39, 0.29) is 5.91 Å². The molecule has 0 fully saturated rings. The number of hydrogen-bond acceptors (Lipinski definition) is 3. The summed E-state index contributed by atoms with van der Waals surface area (Å²) < 4.78 is 5.08. The van der Waals surface area contributed by atoms with E-state index in [9.17, 15) is 4.79 Å². The molecule has 0 spiro atoms. The van der Waals surface area contributed by atoms with Crippen LogP contribution in [0.15, 0.2) is 42.5 Å². The van der Waals surface area contributed by atoms with Crippen molar-refractivity contribution in [1.82, 2.24) is 0 Å². The summed E-state index contributed by atoms with van der Waals surface area (Å²) in [7, 11) is 1.50. The van der Waals surface area contributed by atoms with Gasteiger partial charge in [-0.05, 0) is 36.4 Å². The van der Waals surface area contributed by atoms with Crippen LogP contribution in [0.2, 0.25) is 5.02 Å². The van der Waals surface area contributed by atoms with Crippen molar-refractivity contribution in [2.45, 2.75) is 0 Å². The zero-order valence-electron chi connectivity index (χ0n) is 10.3. The maximum Gasteiger partial charge on any atom is 0.255 e. The maximum absolute atomic E-state index is 12.1. The summed E-state index contributed by atoms with van der Waals surface area (Å²) >= 11 is 5.85. The first-order chi connectivity index (χ1) is 9.10. The summed E-state index contributed by atoms with van der Waals surface area (Å²) in [5.74, 6) is 0.222. The Hall–Kier alpha value is -2.20. The van der Waals surface area contributed by atoms with Gasteiger partial charge in [0.1, 0.15) is 5.75 Å². The molecule has 0 aliphatic rings. The number of rotatable bonds is 3. The number of amides is 1. The average Bonchev–Trinajstić information content (AvgIpc) is 2.39. The lowest BCUT2D eigenvalue weighted by Gasteiger charge is -2.08. The monoisotopic (exact) mass is 276 g/mol. The van der Waals surface area contributed by atoms with Gasteiger partial charge in [0, 0.05) is 16.3 Å². The SMILES string of the molecule is COc1cc(C(=O)Nc2cccc(Cl)c2)ccc1N. The molecule has 98 valence electrons. The Morgan fingerprint density at radius 3 is 2.74 bits per heavy atom. The van der Waals surface area contributed by atoms with Crippen LogP contribution >= 0.6 is 11.6 Å². The van der Waals surface area contributed by atoms with E-state index in [0.29, 0.717) is 27.7 Å². The number of carbonyl (C=O) groups is 1. The Morgan fingerprint density at radius 1 is 1.26 bits per heavy atom. The Morgan fingerprint density at radius 2 is 2.05 bits per heavy atom. The third-order valence-corrected chi connectivity index (χ3v) is 2.81. The van der Waals surface area contributed by atoms with Gasteiger partial charge in [0.2, 0.25) is 0 Å². The molecule has 2 rings (SSSR count). The Bertz CT molecular complexity index is 614. The Kier molecular flexibility index (Phi) is 3.92. The minimum Gasteiger partial charge on any atom is -0.495 e. The van der Waals surface area contributed by atoms with Gasteiger partial charge in [-0.3, -0.25) is 4.79 Å². The molecule has 1 amide bonds. The van der Waals surface area contributed by atoms with Crippen LogP contribution in [-0.4, -0.2) is 13.0 Å². The van der Waals surface area contributed by atoms with Crippen molar-refractivity contribution in [1.29, 1.82) is 0 Å². The molecule has 0 saturated heterocycles. The lowest BCUT2D eigenvalue weighted by molar-refractivity contribution is 0.102. The van der Waals surface area contributed by atoms with Crippen LogP contribution in [-0.2, 0) is 0 Å². The van der Waals surface area contributed by atoms with E-state index in [4.69, 9.17) is 22.1 Å². The van der Waals surface area contributed by atoms with Crippen molar-refractivity contribution in [3.05, 3.63) is 53.1 Å². The van der Waals surface area contributed by atoms with Crippen molar-refractivity contribution in [2.75, 3.05) is 18.2 Å². The number of nitrogen functional groups attached to an aromatic ring is 1. The first-order valence-electron chi connectivity index (χ1n) is 5.60. The molecule has 19 heavy (non-hydrogen) atoms. The van der Waals surface area contributed by atoms with Crippen LogP contribution in [0.4, 0.5) is 11.4 Å². The highest BCUT2D eigenvalue weighted by Gasteiger charge is 2.09. The molecule has 5 heteroatoms. The molecule has 0 aliphatic carbocycles.